The largest absolute Gasteiger partial charge is 0.395 e. The molecule has 0 atom stereocenters. The first kappa shape index (κ1) is 14.3. The average Bonchev–Trinajstić information content (AvgIpc) is 3.24. The van der Waals surface area contributed by atoms with Crippen molar-refractivity contribution in [2.75, 3.05) is 32.8 Å². The zero-order valence-corrected chi connectivity index (χ0v) is 11.6. The maximum atomic E-state index is 12.1. The Bertz CT molecular complexity index is 310. The van der Waals surface area contributed by atoms with Crippen molar-refractivity contribution in [1.29, 1.82) is 0 Å². The van der Waals surface area contributed by atoms with Crippen molar-refractivity contribution in [2.45, 2.75) is 37.8 Å². The maximum Gasteiger partial charge on any atom is 0.317 e. The van der Waals surface area contributed by atoms with E-state index in [0.29, 0.717) is 13.1 Å². The van der Waals surface area contributed by atoms with Crippen LogP contribution >= 0.6 is 0 Å². The van der Waals surface area contributed by atoms with Gasteiger partial charge in [0.25, 0.3) is 0 Å². The minimum Gasteiger partial charge on any atom is -0.395 e. The Balaban J connectivity index is 1.73. The monoisotopic (exact) mass is 267 g/mol. The Labute approximate surface area is 115 Å². The van der Waals surface area contributed by atoms with Gasteiger partial charge in [-0.3, -0.25) is 0 Å². The van der Waals surface area contributed by atoms with Crippen molar-refractivity contribution in [3.8, 4) is 0 Å². The molecule has 2 aliphatic rings. The molecule has 0 spiro atoms. The first-order chi connectivity index (χ1) is 9.24. The Hall–Kier alpha value is -1.07. The normalized spacial score (nSPS) is 21.1. The van der Waals surface area contributed by atoms with Crippen LogP contribution in [0, 0.1) is 0 Å². The Kier molecular flexibility index (Phi) is 5.22. The zero-order chi connectivity index (χ0) is 13.7. The summed E-state index contributed by atoms with van der Waals surface area (Å²) in [7, 11) is 0. The van der Waals surface area contributed by atoms with Gasteiger partial charge in [-0.1, -0.05) is 6.08 Å². The third-order valence-electron chi connectivity index (χ3n) is 3.93. The lowest BCUT2D eigenvalue weighted by molar-refractivity contribution is 0.162. The summed E-state index contributed by atoms with van der Waals surface area (Å²) in [6.07, 6.45) is 6.44. The number of aliphatic hydroxyl groups excluding tert-OH is 1. The highest BCUT2D eigenvalue weighted by atomic mass is 16.3. The average molecular weight is 267 g/mol. The van der Waals surface area contributed by atoms with Gasteiger partial charge in [-0.15, -0.1) is 6.58 Å². The summed E-state index contributed by atoms with van der Waals surface area (Å²) in [6, 6.07) is 1.01. The predicted molar refractivity (Wildman–Crippen MR) is 75.0 cm³/mol. The summed E-state index contributed by atoms with van der Waals surface area (Å²) in [6.45, 7) is 6.65. The van der Waals surface area contributed by atoms with Gasteiger partial charge in [0.15, 0.2) is 0 Å². The second-order valence-electron chi connectivity index (χ2n) is 5.45. The van der Waals surface area contributed by atoms with E-state index in [1.165, 1.54) is 12.8 Å². The number of hydrogen-bond acceptors (Lipinski definition) is 3. The molecule has 19 heavy (non-hydrogen) atoms. The summed E-state index contributed by atoms with van der Waals surface area (Å²) in [5, 5.41) is 12.0. The van der Waals surface area contributed by atoms with Crippen molar-refractivity contribution < 1.29 is 9.90 Å². The molecule has 1 heterocycles. The van der Waals surface area contributed by atoms with Crippen molar-refractivity contribution in [3.05, 3.63) is 12.7 Å². The molecule has 1 saturated heterocycles. The molecular weight excluding hydrogens is 242 g/mol. The van der Waals surface area contributed by atoms with Crippen LogP contribution in [0.25, 0.3) is 0 Å². The van der Waals surface area contributed by atoms with Crippen LogP contribution in [0.4, 0.5) is 4.79 Å². The first-order valence-electron chi connectivity index (χ1n) is 7.26. The minimum absolute atomic E-state index is 0.0125. The number of carbonyl (C=O) groups is 1. The van der Waals surface area contributed by atoms with Gasteiger partial charge in [0.1, 0.15) is 0 Å². The third kappa shape index (κ3) is 4.21. The summed E-state index contributed by atoms with van der Waals surface area (Å²) in [4.78, 5) is 16.2. The lowest BCUT2D eigenvalue weighted by Crippen LogP contribution is -2.50. The fraction of sp³-hybridized carbons (Fsp3) is 0.786. The molecule has 108 valence electrons. The van der Waals surface area contributed by atoms with Crippen LogP contribution in [0.5, 0.6) is 0 Å². The van der Waals surface area contributed by atoms with E-state index in [4.69, 9.17) is 5.11 Å². The van der Waals surface area contributed by atoms with Crippen LogP contribution in [0.1, 0.15) is 25.7 Å². The molecule has 0 unspecified atom stereocenters. The van der Waals surface area contributed by atoms with E-state index in [2.05, 4.69) is 16.8 Å². The van der Waals surface area contributed by atoms with Gasteiger partial charge >= 0.3 is 6.03 Å². The number of nitrogens with one attached hydrogen (secondary N) is 1. The minimum atomic E-state index is -0.0844. The zero-order valence-electron chi connectivity index (χ0n) is 11.6. The van der Waals surface area contributed by atoms with Gasteiger partial charge in [0.2, 0.25) is 0 Å². The molecule has 0 bridgehead atoms. The second-order valence-corrected chi connectivity index (χ2v) is 5.45. The number of rotatable bonds is 6. The maximum absolute atomic E-state index is 12.1. The van der Waals surface area contributed by atoms with E-state index < -0.39 is 0 Å². The van der Waals surface area contributed by atoms with Crippen LogP contribution < -0.4 is 5.32 Å². The van der Waals surface area contributed by atoms with Crippen molar-refractivity contribution in [1.82, 2.24) is 15.1 Å². The van der Waals surface area contributed by atoms with Crippen molar-refractivity contribution in [3.63, 3.8) is 0 Å². The summed E-state index contributed by atoms with van der Waals surface area (Å²) >= 11 is 0. The third-order valence-corrected chi connectivity index (χ3v) is 3.93. The molecule has 0 aromatic carbocycles. The smallest absolute Gasteiger partial charge is 0.317 e. The van der Waals surface area contributed by atoms with Gasteiger partial charge in [-0.05, 0) is 25.7 Å². The number of piperidine rings is 1. The van der Waals surface area contributed by atoms with Crippen molar-refractivity contribution >= 4 is 6.03 Å². The van der Waals surface area contributed by atoms with Gasteiger partial charge < -0.3 is 20.2 Å². The molecule has 1 aliphatic carbocycles. The van der Waals surface area contributed by atoms with Gasteiger partial charge in [-0.25, -0.2) is 4.79 Å². The van der Waals surface area contributed by atoms with E-state index in [1.807, 2.05) is 0 Å². The molecule has 1 aliphatic heterocycles. The Morgan fingerprint density at radius 3 is 2.58 bits per heavy atom. The van der Waals surface area contributed by atoms with Crippen LogP contribution in [0.3, 0.4) is 0 Å². The second kappa shape index (κ2) is 6.91. The van der Waals surface area contributed by atoms with Crippen molar-refractivity contribution in [2.24, 2.45) is 0 Å². The lowest BCUT2D eigenvalue weighted by Gasteiger charge is -2.33. The molecule has 2 N–H and O–H groups in total. The molecule has 0 radical (unpaired) electrons. The highest BCUT2D eigenvalue weighted by molar-refractivity contribution is 5.74. The van der Waals surface area contributed by atoms with Gasteiger partial charge in [0.05, 0.1) is 6.61 Å². The number of urea groups is 1. The van der Waals surface area contributed by atoms with E-state index in [0.717, 1.165) is 32.0 Å². The van der Waals surface area contributed by atoms with E-state index in [-0.39, 0.29) is 18.7 Å². The van der Waals surface area contributed by atoms with E-state index in [1.54, 1.807) is 11.0 Å². The standard InChI is InChI=1S/C14H25N3O2/c1-2-7-17(10-11-18)14(19)15-12-5-8-16(9-6-12)13-3-4-13/h2,12-13,18H,1,3-11H2,(H,15,19). The molecule has 2 rings (SSSR count). The molecule has 2 fully saturated rings. The summed E-state index contributed by atoms with van der Waals surface area (Å²) in [5.74, 6) is 0. The van der Waals surface area contributed by atoms with Gasteiger partial charge in [0, 0.05) is 38.3 Å². The summed E-state index contributed by atoms with van der Waals surface area (Å²) < 4.78 is 0. The fourth-order valence-electron chi connectivity index (χ4n) is 2.67. The Morgan fingerprint density at radius 1 is 1.37 bits per heavy atom. The number of nitrogens with zero attached hydrogens (tertiary/aromatic N) is 2. The van der Waals surface area contributed by atoms with E-state index in [9.17, 15) is 4.79 Å². The quantitative estimate of drug-likeness (QED) is 0.700. The molecule has 1 saturated carbocycles. The van der Waals surface area contributed by atoms with E-state index >= 15 is 0 Å². The molecule has 5 nitrogen and oxygen atoms in total. The fourth-order valence-corrected chi connectivity index (χ4v) is 2.67. The van der Waals surface area contributed by atoms with Crippen LogP contribution in [0.2, 0.25) is 0 Å². The van der Waals surface area contributed by atoms with Crippen LogP contribution in [-0.2, 0) is 0 Å². The highest BCUT2D eigenvalue weighted by Crippen LogP contribution is 2.29. The van der Waals surface area contributed by atoms with Gasteiger partial charge in [-0.2, -0.15) is 0 Å². The van der Waals surface area contributed by atoms with Crippen LogP contribution in [0.15, 0.2) is 12.7 Å². The summed E-state index contributed by atoms with van der Waals surface area (Å²) in [5.41, 5.74) is 0. The SMILES string of the molecule is C=CCN(CCO)C(=O)NC1CCN(C2CC2)CC1. The number of aliphatic hydroxyl groups is 1. The molecule has 0 aromatic rings. The topological polar surface area (TPSA) is 55.8 Å². The molecule has 5 heteroatoms. The lowest BCUT2D eigenvalue weighted by atomic mass is 10.1. The number of hydrogen-bond donors (Lipinski definition) is 2. The Morgan fingerprint density at radius 2 is 2.05 bits per heavy atom. The van der Waals surface area contributed by atoms with Crippen LogP contribution in [-0.4, -0.2) is 65.8 Å². The number of amides is 2. The highest BCUT2D eigenvalue weighted by Gasteiger charge is 2.32. The predicted octanol–water partition coefficient (Wildman–Crippen LogP) is 0.803. The first-order valence-corrected chi connectivity index (χ1v) is 7.26. The number of carbonyl (C=O) groups excluding carboxylic acids is 1. The molecular formula is C14H25N3O2. The molecule has 2 amide bonds. The number of likely N-dealkylation sites (tertiary alicyclic amines) is 1. The molecule has 0 aromatic heterocycles.